The first-order valence-corrected chi connectivity index (χ1v) is 16.4. The fraction of sp³-hybridized carbons (Fsp3) is 0.312. The zero-order valence-electron chi connectivity index (χ0n) is 22.5. The quantitative estimate of drug-likeness (QED) is 0.0733. The Morgan fingerprint density at radius 3 is 1.12 bits per heavy atom. The predicted molar refractivity (Wildman–Crippen MR) is 176 cm³/mol. The first-order chi connectivity index (χ1) is 19.5. The number of nitrogens with zero attached hydrogens (tertiary/aromatic N) is 2. The SMILES string of the molecule is Clc1ccc(Nc2cc[n+](C(Br)CCCCCCCCC(Br)[n+]3ccc(Nc4ccc(Cl)cc4)cc3)cc2)cc1. The molecule has 0 spiro atoms. The number of hydrogen-bond acceptors (Lipinski definition) is 2. The first-order valence-electron chi connectivity index (χ1n) is 13.8. The molecule has 2 heterocycles. The van der Waals surface area contributed by atoms with Crippen LogP contribution in [0.5, 0.6) is 0 Å². The zero-order chi connectivity index (χ0) is 28.2. The van der Waals surface area contributed by atoms with Crippen LogP contribution < -0.4 is 19.8 Å². The first kappa shape index (κ1) is 30.8. The van der Waals surface area contributed by atoms with Crippen molar-refractivity contribution < 1.29 is 9.13 Å². The van der Waals surface area contributed by atoms with Crippen molar-refractivity contribution in [3.05, 3.63) is 108 Å². The molecule has 4 rings (SSSR count). The normalized spacial score (nSPS) is 12.6. The second-order valence-electron chi connectivity index (χ2n) is 9.90. The van der Waals surface area contributed by atoms with Gasteiger partial charge < -0.3 is 10.6 Å². The lowest BCUT2D eigenvalue weighted by atomic mass is 10.1. The van der Waals surface area contributed by atoms with E-state index in [4.69, 9.17) is 23.2 Å². The van der Waals surface area contributed by atoms with Gasteiger partial charge in [0.05, 0.1) is 11.4 Å². The molecule has 4 aromatic rings. The Bertz CT molecular complexity index is 1180. The van der Waals surface area contributed by atoms with Crippen LogP contribution in [0.15, 0.2) is 97.6 Å². The maximum Gasteiger partial charge on any atom is 0.211 e. The number of aromatic nitrogens is 2. The molecule has 4 nitrogen and oxygen atoms in total. The van der Waals surface area contributed by atoms with Crippen molar-refractivity contribution in [3.63, 3.8) is 0 Å². The number of pyridine rings is 2. The van der Waals surface area contributed by atoms with Crippen molar-refractivity contribution in [2.24, 2.45) is 0 Å². The molecule has 0 radical (unpaired) electrons. The molecule has 40 heavy (non-hydrogen) atoms. The average molecular weight is 707 g/mol. The smallest absolute Gasteiger partial charge is 0.211 e. The molecule has 8 heteroatoms. The second-order valence-corrected chi connectivity index (χ2v) is 12.9. The molecule has 0 fully saturated rings. The van der Waals surface area contributed by atoms with Crippen LogP contribution in [0.1, 0.15) is 61.3 Å². The van der Waals surface area contributed by atoms with E-state index in [2.05, 4.69) is 101 Å². The molecule has 210 valence electrons. The minimum absolute atomic E-state index is 0.316. The van der Waals surface area contributed by atoms with Crippen LogP contribution in [0, 0.1) is 0 Å². The Morgan fingerprint density at radius 1 is 0.475 bits per heavy atom. The highest BCUT2D eigenvalue weighted by Crippen LogP contribution is 2.23. The van der Waals surface area contributed by atoms with E-state index in [0.29, 0.717) is 9.90 Å². The van der Waals surface area contributed by atoms with Gasteiger partial charge in [-0.1, -0.05) is 48.9 Å². The Hall–Kier alpha value is -2.12. The Balaban J connectivity index is 1.06. The number of alkyl halides is 2. The van der Waals surface area contributed by atoms with E-state index in [1.165, 1.54) is 38.5 Å². The van der Waals surface area contributed by atoms with Gasteiger partial charge in [0, 0.05) is 58.5 Å². The lowest BCUT2D eigenvalue weighted by molar-refractivity contribution is -0.698. The summed E-state index contributed by atoms with van der Waals surface area (Å²) in [5.41, 5.74) is 4.18. The van der Waals surface area contributed by atoms with Crippen molar-refractivity contribution in [3.8, 4) is 0 Å². The average Bonchev–Trinajstić information content (AvgIpc) is 2.97. The van der Waals surface area contributed by atoms with Gasteiger partial charge in [-0.15, -0.1) is 0 Å². The molecule has 2 aromatic heterocycles. The van der Waals surface area contributed by atoms with E-state index in [9.17, 15) is 0 Å². The van der Waals surface area contributed by atoms with Crippen LogP contribution in [0.25, 0.3) is 0 Å². The molecule has 0 bridgehead atoms. The molecule has 2 unspecified atom stereocenters. The van der Waals surface area contributed by atoms with E-state index < -0.39 is 0 Å². The summed E-state index contributed by atoms with van der Waals surface area (Å²) in [7, 11) is 0. The third-order valence-corrected chi connectivity index (χ3v) is 9.12. The summed E-state index contributed by atoms with van der Waals surface area (Å²) in [5, 5.41) is 8.29. The van der Waals surface area contributed by atoms with Crippen molar-refractivity contribution in [1.82, 2.24) is 0 Å². The molecule has 0 aliphatic heterocycles. The van der Waals surface area contributed by atoms with Crippen LogP contribution in [-0.2, 0) is 0 Å². The summed E-state index contributed by atoms with van der Waals surface area (Å²) >= 11 is 19.6. The van der Waals surface area contributed by atoms with Gasteiger partial charge in [0.1, 0.15) is 0 Å². The molecule has 2 aromatic carbocycles. The van der Waals surface area contributed by atoms with E-state index in [-0.39, 0.29) is 0 Å². The van der Waals surface area contributed by atoms with Crippen LogP contribution >= 0.6 is 55.1 Å². The molecule has 0 amide bonds. The highest BCUT2D eigenvalue weighted by Gasteiger charge is 2.15. The maximum atomic E-state index is 5.97. The lowest BCUT2D eigenvalue weighted by Gasteiger charge is -2.09. The standard InChI is InChI=1S/C32H34Br2Cl2N4/c33-31(39-21-17-29(18-22-39)37-27-13-9-25(35)10-14-27)7-5-3-1-2-4-6-8-32(34)40-23-19-30(20-24-40)38-28-15-11-26(36)12-16-28/h9-24,31-32H,1-8H2/p+2. The summed E-state index contributed by atoms with van der Waals surface area (Å²) in [4.78, 5) is 0.632. The van der Waals surface area contributed by atoms with Crippen LogP contribution in [0.4, 0.5) is 22.7 Å². The second kappa shape index (κ2) is 16.4. The summed E-state index contributed by atoms with van der Waals surface area (Å²) in [5.74, 6) is 0. The van der Waals surface area contributed by atoms with Gasteiger partial charge in [0.2, 0.25) is 9.90 Å². The predicted octanol–water partition coefficient (Wildman–Crippen LogP) is 10.7. The topological polar surface area (TPSA) is 31.8 Å². The molecule has 0 saturated heterocycles. The number of anilines is 4. The van der Waals surface area contributed by atoms with Gasteiger partial charge in [-0.3, -0.25) is 0 Å². The summed E-state index contributed by atoms with van der Waals surface area (Å²) in [6.45, 7) is 0. The highest BCUT2D eigenvalue weighted by molar-refractivity contribution is 9.09. The fourth-order valence-corrected chi connectivity index (χ4v) is 5.89. The molecular weight excluding hydrogens is 671 g/mol. The molecule has 0 saturated carbocycles. The Labute approximate surface area is 265 Å². The lowest BCUT2D eigenvalue weighted by Crippen LogP contribution is -2.35. The number of nitrogens with one attached hydrogen (secondary N) is 2. The molecular formula is C32H36Br2Cl2N4+2. The van der Waals surface area contributed by atoms with E-state index in [0.717, 1.165) is 45.6 Å². The Morgan fingerprint density at radius 2 is 0.775 bits per heavy atom. The Kier molecular flexibility index (Phi) is 12.6. The number of halogens is 4. The monoisotopic (exact) mass is 704 g/mol. The van der Waals surface area contributed by atoms with Gasteiger partial charge in [-0.2, -0.15) is 9.13 Å². The molecule has 2 N–H and O–H groups in total. The summed E-state index contributed by atoms with van der Waals surface area (Å²) in [6, 6.07) is 23.9. The van der Waals surface area contributed by atoms with Crippen LogP contribution in [-0.4, -0.2) is 0 Å². The van der Waals surface area contributed by atoms with Gasteiger partial charge >= 0.3 is 0 Å². The van der Waals surface area contributed by atoms with Gasteiger partial charge in [-0.05, 0) is 93.2 Å². The summed E-state index contributed by atoms with van der Waals surface area (Å²) in [6.07, 6.45) is 18.3. The third-order valence-electron chi connectivity index (χ3n) is 6.75. The van der Waals surface area contributed by atoms with E-state index in [1.54, 1.807) is 0 Å². The molecule has 2 atom stereocenters. The fourth-order valence-electron chi connectivity index (χ4n) is 4.45. The van der Waals surface area contributed by atoms with Crippen molar-refractivity contribution in [2.75, 3.05) is 10.6 Å². The van der Waals surface area contributed by atoms with Crippen LogP contribution in [0.2, 0.25) is 10.0 Å². The van der Waals surface area contributed by atoms with Crippen molar-refractivity contribution in [1.29, 1.82) is 0 Å². The number of unbranched alkanes of at least 4 members (excludes halogenated alkanes) is 5. The number of benzene rings is 2. The summed E-state index contributed by atoms with van der Waals surface area (Å²) < 4.78 is 4.45. The zero-order valence-corrected chi connectivity index (χ0v) is 27.1. The van der Waals surface area contributed by atoms with Crippen molar-refractivity contribution >= 4 is 77.8 Å². The van der Waals surface area contributed by atoms with Crippen molar-refractivity contribution in [2.45, 2.75) is 61.3 Å². The maximum absolute atomic E-state index is 5.97. The van der Waals surface area contributed by atoms with Gasteiger partial charge in [0.15, 0.2) is 24.8 Å². The molecule has 0 aliphatic carbocycles. The van der Waals surface area contributed by atoms with Crippen LogP contribution in [0.3, 0.4) is 0 Å². The van der Waals surface area contributed by atoms with E-state index >= 15 is 0 Å². The largest absolute Gasteiger partial charge is 0.355 e. The van der Waals surface area contributed by atoms with Gasteiger partial charge in [-0.25, -0.2) is 0 Å². The minimum Gasteiger partial charge on any atom is -0.355 e. The number of rotatable bonds is 15. The van der Waals surface area contributed by atoms with Gasteiger partial charge in [0.25, 0.3) is 0 Å². The highest BCUT2D eigenvalue weighted by atomic mass is 79.9. The third kappa shape index (κ3) is 10.4. The molecule has 0 aliphatic rings. The number of hydrogen-bond donors (Lipinski definition) is 2. The van der Waals surface area contributed by atoms with E-state index in [1.807, 2.05) is 48.5 Å². The minimum atomic E-state index is 0.316.